The fourth-order valence-corrected chi connectivity index (χ4v) is 1.25. The summed E-state index contributed by atoms with van der Waals surface area (Å²) in [6.45, 7) is 2.69. The normalized spacial score (nSPS) is 11.4. The van der Waals surface area contributed by atoms with Gasteiger partial charge in [-0.15, -0.1) is 0 Å². The smallest absolute Gasteiger partial charge is 0.333 e. The van der Waals surface area contributed by atoms with Crippen molar-refractivity contribution in [3.8, 4) is 5.75 Å². The first-order valence-electron chi connectivity index (χ1n) is 5.14. The van der Waals surface area contributed by atoms with Gasteiger partial charge in [0.2, 0.25) is 11.7 Å². The molecule has 0 aliphatic heterocycles. The molecule has 0 fully saturated rings. The first-order chi connectivity index (χ1) is 8.41. The number of carbonyl (C=O) groups is 2. The van der Waals surface area contributed by atoms with E-state index in [0.29, 0.717) is 0 Å². The third-order valence-electron chi connectivity index (χ3n) is 2.05. The second-order valence-electron chi connectivity index (χ2n) is 3.57. The maximum Gasteiger partial charge on any atom is 0.333 e. The third kappa shape index (κ3) is 3.55. The van der Waals surface area contributed by atoms with Gasteiger partial charge in [-0.25, -0.2) is 4.79 Å². The summed E-state index contributed by atoms with van der Waals surface area (Å²) in [7, 11) is 0. The molecule has 18 heavy (non-hydrogen) atoms. The Labute approximate surface area is 103 Å². The zero-order valence-corrected chi connectivity index (χ0v) is 9.88. The Morgan fingerprint density at radius 3 is 2.56 bits per heavy atom. The molecular formula is C11H12N2O5. The molecule has 1 aromatic rings. The molecule has 0 radical (unpaired) electrons. The van der Waals surface area contributed by atoms with Gasteiger partial charge in [-0.2, -0.15) is 0 Å². The van der Waals surface area contributed by atoms with E-state index >= 15 is 0 Å². The lowest BCUT2D eigenvalue weighted by Gasteiger charge is -2.11. The van der Waals surface area contributed by atoms with Crippen LogP contribution >= 0.6 is 0 Å². The van der Waals surface area contributed by atoms with Crippen molar-refractivity contribution in [3.05, 3.63) is 34.4 Å². The number of amides is 1. The lowest BCUT2D eigenvalue weighted by Crippen LogP contribution is -2.39. The van der Waals surface area contributed by atoms with Crippen LogP contribution in [-0.4, -0.2) is 22.8 Å². The van der Waals surface area contributed by atoms with Crippen LogP contribution in [0.3, 0.4) is 0 Å². The molecule has 0 aromatic heterocycles. The minimum atomic E-state index is -0.873. The standard InChI is InChI=1S/C11H12N2O5/c1-7(12-8(2)14)11(15)18-10-6-4-3-5-9(10)13(16)17/h3-7H,1-2H3,(H,12,14). The van der Waals surface area contributed by atoms with Crippen molar-refractivity contribution < 1.29 is 19.2 Å². The van der Waals surface area contributed by atoms with Gasteiger partial charge in [-0.3, -0.25) is 14.9 Å². The van der Waals surface area contributed by atoms with Gasteiger partial charge >= 0.3 is 11.7 Å². The molecule has 1 N–H and O–H groups in total. The fraction of sp³-hybridized carbons (Fsp3) is 0.273. The predicted octanol–water partition coefficient (Wildman–Crippen LogP) is 1.02. The lowest BCUT2D eigenvalue weighted by molar-refractivity contribution is -0.385. The Morgan fingerprint density at radius 2 is 2.00 bits per heavy atom. The molecule has 7 nitrogen and oxygen atoms in total. The summed E-state index contributed by atoms with van der Waals surface area (Å²) in [6.07, 6.45) is 0. The summed E-state index contributed by atoms with van der Waals surface area (Å²) in [5.41, 5.74) is -0.305. The van der Waals surface area contributed by atoms with Gasteiger partial charge in [0.15, 0.2) is 0 Å². The molecule has 0 heterocycles. The van der Waals surface area contributed by atoms with Crippen molar-refractivity contribution in [2.24, 2.45) is 0 Å². The second kappa shape index (κ2) is 5.76. The van der Waals surface area contributed by atoms with Gasteiger partial charge in [0.1, 0.15) is 6.04 Å². The molecule has 0 aliphatic carbocycles. The van der Waals surface area contributed by atoms with E-state index in [1.807, 2.05) is 0 Å². The molecule has 7 heteroatoms. The number of nitrogens with zero attached hydrogens (tertiary/aromatic N) is 1. The SMILES string of the molecule is CC(=O)NC(C)C(=O)Oc1ccccc1[N+](=O)[O-]. The van der Waals surface area contributed by atoms with Crippen LogP contribution in [0.5, 0.6) is 5.75 Å². The monoisotopic (exact) mass is 252 g/mol. The molecule has 1 unspecified atom stereocenters. The van der Waals surface area contributed by atoms with E-state index in [0.717, 1.165) is 0 Å². The number of carbonyl (C=O) groups excluding carboxylic acids is 2. The summed E-state index contributed by atoms with van der Waals surface area (Å²) >= 11 is 0. The number of benzene rings is 1. The Kier molecular flexibility index (Phi) is 4.36. The highest BCUT2D eigenvalue weighted by molar-refractivity contribution is 5.84. The molecule has 0 saturated heterocycles. The van der Waals surface area contributed by atoms with E-state index < -0.39 is 16.9 Å². The number of ether oxygens (including phenoxy) is 1. The molecule has 1 atom stereocenters. The number of nitro groups is 1. The second-order valence-corrected chi connectivity index (χ2v) is 3.57. The van der Waals surface area contributed by atoms with Crippen LogP contribution in [0.15, 0.2) is 24.3 Å². The minimum absolute atomic E-state index is 0.148. The van der Waals surface area contributed by atoms with Gasteiger partial charge in [0, 0.05) is 13.0 Å². The van der Waals surface area contributed by atoms with E-state index in [9.17, 15) is 19.7 Å². The predicted molar refractivity (Wildman–Crippen MR) is 62.0 cm³/mol. The molecule has 0 aliphatic rings. The molecule has 1 aromatic carbocycles. The quantitative estimate of drug-likeness (QED) is 0.373. The number of para-hydroxylation sites is 2. The zero-order valence-electron chi connectivity index (χ0n) is 9.88. The van der Waals surface area contributed by atoms with Crippen molar-refractivity contribution in [1.29, 1.82) is 0 Å². The van der Waals surface area contributed by atoms with Crippen LogP contribution < -0.4 is 10.1 Å². The van der Waals surface area contributed by atoms with Gasteiger partial charge in [0.25, 0.3) is 0 Å². The summed E-state index contributed by atoms with van der Waals surface area (Å²) in [6, 6.07) is 4.65. The summed E-state index contributed by atoms with van der Waals surface area (Å²) in [4.78, 5) is 32.4. The maximum atomic E-state index is 11.6. The first-order valence-corrected chi connectivity index (χ1v) is 5.14. The van der Waals surface area contributed by atoms with E-state index in [1.165, 1.54) is 38.1 Å². The number of hydrogen-bond acceptors (Lipinski definition) is 5. The number of hydrogen-bond donors (Lipinski definition) is 1. The van der Waals surface area contributed by atoms with Crippen molar-refractivity contribution in [1.82, 2.24) is 5.32 Å². The van der Waals surface area contributed by atoms with Crippen molar-refractivity contribution >= 4 is 17.6 Å². The summed E-state index contributed by atoms with van der Waals surface area (Å²) in [5.74, 6) is -1.30. The van der Waals surface area contributed by atoms with E-state index in [-0.39, 0.29) is 17.3 Å². The molecular weight excluding hydrogens is 240 g/mol. The molecule has 1 rings (SSSR count). The Bertz CT molecular complexity index is 486. The Morgan fingerprint density at radius 1 is 1.39 bits per heavy atom. The molecule has 1 amide bonds. The first kappa shape index (κ1) is 13.6. The molecule has 0 bridgehead atoms. The third-order valence-corrected chi connectivity index (χ3v) is 2.05. The molecule has 96 valence electrons. The van der Waals surface area contributed by atoms with E-state index in [4.69, 9.17) is 4.74 Å². The Balaban J connectivity index is 2.82. The van der Waals surface area contributed by atoms with Crippen LogP contribution in [0.4, 0.5) is 5.69 Å². The van der Waals surface area contributed by atoms with Gasteiger partial charge in [-0.05, 0) is 13.0 Å². The zero-order chi connectivity index (χ0) is 13.7. The van der Waals surface area contributed by atoms with E-state index in [1.54, 1.807) is 0 Å². The molecule has 0 saturated carbocycles. The summed E-state index contributed by atoms with van der Waals surface area (Å²) in [5, 5.41) is 13.0. The number of nitrogens with one attached hydrogen (secondary N) is 1. The highest BCUT2D eigenvalue weighted by Crippen LogP contribution is 2.25. The van der Waals surface area contributed by atoms with Crippen LogP contribution in [0, 0.1) is 10.1 Å². The average Bonchev–Trinajstić information content (AvgIpc) is 2.28. The number of esters is 1. The summed E-state index contributed by atoms with van der Waals surface area (Å²) < 4.78 is 4.87. The topological polar surface area (TPSA) is 98.5 Å². The minimum Gasteiger partial charge on any atom is -0.418 e. The number of rotatable bonds is 4. The lowest BCUT2D eigenvalue weighted by atomic mass is 10.3. The highest BCUT2D eigenvalue weighted by Gasteiger charge is 2.21. The number of nitro benzene ring substituents is 1. The fourth-order valence-electron chi connectivity index (χ4n) is 1.25. The van der Waals surface area contributed by atoms with Crippen molar-refractivity contribution in [3.63, 3.8) is 0 Å². The van der Waals surface area contributed by atoms with Gasteiger partial charge < -0.3 is 10.1 Å². The van der Waals surface area contributed by atoms with Crippen molar-refractivity contribution in [2.75, 3.05) is 0 Å². The maximum absolute atomic E-state index is 11.6. The van der Waals surface area contributed by atoms with Crippen molar-refractivity contribution in [2.45, 2.75) is 19.9 Å². The largest absolute Gasteiger partial charge is 0.418 e. The van der Waals surface area contributed by atoms with Crippen LogP contribution in [0.1, 0.15) is 13.8 Å². The van der Waals surface area contributed by atoms with Gasteiger partial charge in [0.05, 0.1) is 4.92 Å². The van der Waals surface area contributed by atoms with Crippen LogP contribution in [-0.2, 0) is 9.59 Å². The highest BCUT2D eigenvalue weighted by atomic mass is 16.6. The molecule has 0 spiro atoms. The van der Waals surface area contributed by atoms with E-state index in [2.05, 4.69) is 5.32 Å². The van der Waals surface area contributed by atoms with Gasteiger partial charge in [-0.1, -0.05) is 12.1 Å². The van der Waals surface area contributed by atoms with Crippen LogP contribution in [0.2, 0.25) is 0 Å². The average molecular weight is 252 g/mol. The Hall–Kier alpha value is -2.44. The van der Waals surface area contributed by atoms with Crippen LogP contribution in [0.25, 0.3) is 0 Å².